The second-order valence-corrected chi connectivity index (χ2v) is 3.74. The van der Waals surface area contributed by atoms with Crippen LogP contribution in [0.5, 0.6) is 0 Å². The zero-order chi connectivity index (χ0) is 12.1. The first-order chi connectivity index (χ1) is 8.31. The Morgan fingerprint density at radius 1 is 1.29 bits per heavy atom. The van der Waals surface area contributed by atoms with Crippen molar-refractivity contribution in [1.29, 1.82) is 0 Å². The quantitative estimate of drug-likeness (QED) is 0.830. The SMILES string of the molecule is NCCCc1nnnn1Cc1ccccc1F. The van der Waals surface area contributed by atoms with E-state index < -0.39 is 0 Å². The largest absolute Gasteiger partial charge is 0.330 e. The molecule has 0 saturated heterocycles. The van der Waals surface area contributed by atoms with Crippen molar-refractivity contribution >= 4 is 0 Å². The highest BCUT2D eigenvalue weighted by Gasteiger charge is 2.08. The third-order valence-corrected chi connectivity index (χ3v) is 2.49. The number of halogens is 1. The molecule has 0 saturated carbocycles. The molecule has 2 N–H and O–H groups in total. The Morgan fingerprint density at radius 2 is 2.12 bits per heavy atom. The Kier molecular flexibility index (Phi) is 3.77. The first-order valence-corrected chi connectivity index (χ1v) is 5.50. The summed E-state index contributed by atoms with van der Waals surface area (Å²) in [5.41, 5.74) is 6.01. The molecule has 0 amide bonds. The van der Waals surface area contributed by atoms with Gasteiger partial charge in [0, 0.05) is 12.0 Å². The van der Waals surface area contributed by atoms with Crippen LogP contribution in [0.25, 0.3) is 0 Å². The van der Waals surface area contributed by atoms with E-state index in [0.717, 1.165) is 12.2 Å². The van der Waals surface area contributed by atoms with Gasteiger partial charge in [-0.05, 0) is 29.5 Å². The van der Waals surface area contributed by atoms with Gasteiger partial charge in [0.25, 0.3) is 0 Å². The molecule has 0 spiro atoms. The number of benzene rings is 1. The van der Waals surface area contributed by atoms with Gasteiger partial charge in [0.15, 0.2) is 5.82 Å². The van der Waals surface area contributed by atoms with Gasteiger partial charge >= 0.3 is 0 Å². The molecule has 0 atom stereocenters. The van der Waals surface area contributed by atoms with Gasteiger partial charge in [-0.25, -0.2) is 9.07 Å². The molecule has 17 heavy (non-hydrogen) atoms. The molecule has 0 bridgehead atoms. The summed E-state index contributed by atoms with van der Waals surface area (Å²) < 4.78 is 15.1. The Labute approximate surface area is 98.4 Å². The third-order valence-electron chi connectivity index (χ3n) is 2.49. The van der Waals surface area contributed by atoms with Gasteiger partial charge in [0.05, 0.1) is 6.54 Å². The number of rotatable bonds is 5. The standard InChI is InChI=1S/C11H14FN5/c12-10-5-2-1-4-9(10)8-17-11(6-3-7-13)14-15-16-17/h1-2,4-5H,3,6-8,13H2. The maximum absolute atomic E-state index is 13.5. The van der Waals surface area contributed by atoms with Gasteiger partial charge < -0.3 is 5.73 Å². The van der Waals surface area contributed by atoms with Crippen LogP contribution >= 0.6 is 0 Å². The Hall–Kier alpha value is -1.82. The number of hydrogen-bond donors (Lipinski definition) is 1. The van der Waals surface area contributed by atoms with Gasteiger partial charge in [-0.3, -0.25) is 0 Å². The van der Waals surface area contributed by atoms with E-state index in [9.17, 15) is 4.39 Å². The van der Waals surface area contributed by atoms with Crippen molar-refractivity contribution < 1.29 is 4.39 Å². The molecule has 5 nitrogen and oxygen atoms in total. The number of aromatic nitrogens is 4. The first-order valence-electron chi connectivity index (χ1n) is 5.50. The fraction of sp³-hybridized carbons (Fsp3) is 0.364. The van der Waals surface area contributed by atoms with E-state index in [2.05, 4.69) is 15.5 Å². The highest BCUT2D eigenvalue weighted by molar-refractivity contribution is 5.17. The lowest BCUT2D eigenvalue weighted by Gasteiger charge is -2.05. The van der Waals surface area contributed by atoms with E-state index >= 15 is 0 Å². The maximum atomic E-state index is 13.5. The van der Waals surface area contributed by atoms with Crippen molar-refractivity contribution in [1.82, 2.24) is 20.2 Å². The van der Waals surface area contributed by atoms with Gasteiger partial charge in [0.2, 0.25) is 0 Å². The minimum atomic E-state index is -0.243. The van der Waals surface area contributed by atoms with Crippen LogP contribution < -0.4 is 5.73 Å². The number of nitrogens with zero attached hydrogens (tertiary/aromatic N) is 4. The molecule has 0 aliphatic rings. The fourth-order valence-corrected chi connectivity index (χ4v) is 1.57. The Morgan fingerprint density at radius 3 is 2.88 bits per heavy atom. The fourth-order valence-electron chi connectivity index (χ4n) is 1.57. The minimum Gasteiger partial charge on any atom is -0.330 e. The number of nitrogens with two attached hydrogens (primary N) is 1. The second kappa shape index (κ2) is 5.49. The third kappa shape index (κ3) is 2.85. The van der Waals surface area contributed by atoms with E-state index in [0.29, 0.717) is 25.1 Å². The molecule has 2 rings (SSSR count). The van der Waals surface area contributed by atoms with Crippen molar-refractivity contribution in [2.24, 2.45) is 5.73 Å². The second-order valence-electron chi connectivity index (χ2n) is 3.74. The number of hydrogen-bond acceptors (Lipinski definition) is 4. The summed E-state index contributed by atoms with van der Waals surface area (Å²) in [7, 11) is 0. The predicted octanol–water partition coefficient (Wildman–Crippen LogP) is 0.752. The average molecular weight is 235 g/mol. The van der Waals surface area contributed by atoms with Crippen molar-refractivity contribution in [2.45, 2.75) is 19.4 Å². The summed E-state index contributed by atoms with van der Waals surface area (Å²) in [5, 5.41) is 11.4. The molecule has 0 aliphatic heterocycles. The maximum Gasteiger partial charge on any atom is 0.151 e. The molecule has 1 aromatic heterocycles. The zero-order valence-electron chi connectivity index (χ0n) is 9.38. The lowest BCUT2D eigenvalue weighted by atomic mass is 10.2. The molecular weight excluding hydrogens is 221 g/mol. The summed E-state index contributed by atoms with van der Waals surface area (Å²) in [4.78, 5) is 0. The van der Waals surface area contributed by atoms with Crippen molar-refractivity contribution in [2.75, 3.05) is 6.54 Å². The Bertz CT molecular complexity index is 482. The topological polar surface area (TPSA) is 69.6 Å². The van der Waals surface area contributed by atoms with Crippen LogP contribution in [0.1, 0.15) is 17.8 Å². The van der Waals surface area contributed by atoms with Crippen LogP contribution in [0.2, 0.25) is 0 Å². The van der Waals surface area contributed by atoms with Gasteiger partial charge in [-0.2, -0.15) is 0 Å². The van der Waals surface area contributed by atoms with E-state index in [4.69, 9.17) is 5.73 Å². The molecule has 0 aliphatic carbocycles. The highest BCUT2D eigenvalue weighted by Crippen LogP contribution is 2.09. The van der Waals surface area contributed by atoms with Crippen LogP contribution in [0.3, 0.4) is 0 Å². The molecule has 0 fully saturated rings. The molecular formula is C11H14FN5. The molecule has 2 aromatic rings. The predicted molar refractivity (Wildman–Crippen MR) is 60.7 cm³/mol. The monoisotopic (exact) mass is 235 g/mol. The Balaban J connectivity index is 2.13. The average Bonchev–Trinajstić information content (AvgIpc) is 2.77. The van der Waals surface area contributed by atoms with E-state index in [1.54, 1.807) is 22.9 Å². The smallest absolute Gasteiger partial charge is 0.151 e. The molecule has 0 radical (unpaired) electrons. The number of tetrazole rings is 1. The van der Waals surface area contributed by atoms with E-state index in [1.807, 2.05) is 0 Å². The van der Waals surface area contributed by atoms with Crippen molar-refractivity contribution in [3.05, 3.63) is 41.5 Å². The van der Waals surface area contributed by atoms with Crippen LogP contribution in [-0.2, 0) is 13.0 Å². The highest BCUT2D eigenvalue weighted by atomic mass is 19.1. The van der Waals surface area contributed by atoms with E-state index in [1.165, 1.54) is 6.07 Å². The molecule has 0 unspecified atom stereocenters. The molecule has 90 valence electrons. The summed E-state index contributed by atoms with van der Waals surface area (Å²) in [6.07, 6.45) is 1.52. The van der Waals surface area contributed by atoms with Crippen LogP contribution in [0, 0.1) is 5.82 Å². The zero-order valence-corrected chi connectivity index (χ0v) is 9.38. The van der Waals surface area contributed by atoms with Gasteiger partial charge in [-0.1, -0.05) is 18.2 Å². The van der Waals surface area contributed by atoms with Crippen LogP contribution in [0.4, 0.5) is 4.39 Å². The van der Waals surface area contributed by atoms with Crippen molar-refractivity contribution in [3.63, 3.8) is 0 Å². The summed E-state index contributed by atoms with van der Waals surface area (Å²) >= 11 is 0. The molecule has 6 heteroatoms. The summed E-state index contributed by atoms with van der Waals surface area (Å²) in [6.45, 7) is 0.937. The van der Waals surface area contributed by atoms with Crippen molar-refractivity contribution in [3.8, 4) is 0 Å². The van der Waals surface area contributed by atoms with Gasteiger partial charge in [0.1, 0.15) is 5.82 Å². The lowest BCUT2D eigenvalue weighted by Crippen LogP contribution is -2.10. The van der Waals surface area contributed by atoms with Gasteiger partial charge in [-0.15, -0.1) is 5.10 Å². The van der Waals surface area contributed by atoms with Crippen LogP contribution in [0.15, 0.2) is 24.3 Å². The summed E-state index contributed by atoms with van der Waals surface area (Å²) in [5.74, 6) is 0.492. The lowest BCUT2D eigenvalue weighted by molar-refractivity contribution is 0.562. The molecule has 1 heterocycles. The summed E-state index contributed by atoms with van der Waals surface area (Å²) in [6, 6.07) is 6.61. The normalized spacial score (nSPS) is 10.7. The van der Waals surface area contributed by atoms with E-state index in [-0.39, 0.29) is 5.82 Å². The first kappa shape index (κ1) is 11.7. The molecule has 1 aromatic carbocycles. The van der Waals surface area contributed by atoms with Crippen LogP contribution in [-0.4, -0.2) is 26.8 Å². The minimum absolute atomic E-state index is 0.243. The number of aryl methyl sites for hydroxylation is 1.